The van der Waals surface area contributed by atoms with Gasteiger partial charge in [-0.2, -0.15) is 0 Å². The summed E-state index contributed by atoms with van der Waals surface area (Å²) in [5.74, 6) is 0.887. The average molecular weight is 306 g/mol. The highest BCUT2D eigenvalue weighted by molar-refractivity contribution is 7.80. The molecule has 2 N–H and O–H groups in total. The second-order valence-electron chi connectivity index (χ2n) is 5.07. The summed E-state index contributed by atoms with van der Waals surface area (Å²) in [5, 5.41) is 15.7. The van der Waals surface area contributed by atoms with E-state index in [0.717, 1.165) is 38.4 Å². The topological polar surface area (TPSA) is 88.5 Å². The zero-order valence-electron chi connectivity index (χ0n) is 11.9. The fourth-order valence-electron chi connectivity index (χ4n) is 2.71. The van der Waals surface area contributed by atoms with E-state index in [9.17, 15) is 0 Å². The van der Waals surface area contributed by atoms with Crippen molar-refractivity contribution >= 4 is 28.7 Å². The number of piperazine rings is 1. The normalized spacial score (nSPS) is 18.0. The number of thiocarbonyl (C=S) groups is 1. The van der Waals surface area contributed by atoms with E-state index in [2.05, 4.69) is 37.3 Å². The van der Waals surface area contributed by atoms with Gasteiger partial charge in [-0.15, -0.1) is 14.8 Å². The minimum atomic E-state index is 0.192. The molecule has 2 aromatic heterocycles. The van der Waals surface area contributed by atoms with Crippen LogP contribution in [-0.2, 0) is 0 Å². The summed E-state index contributed by atoms with van der Waals surface area (Å²) in [6, 6.07) is 4.02. The quantitative estimate of drug-likeness (QED) is 0.771. The standard InChI is InChI=1S/C12H18N8S/c1-2-9(12(13)21)18-5-7-19(8-6-18)11-4-3-10-14-16-17-20(10)15-11/h3-4,9H,2,5-8H2,1H3,(H2,13,21). The third kappa shape index (κ3) is 2.79. The molecule has 1 atom stereocenters. The number of anilines is 1. The lowest BCUT2D eigenvalue weighted by molar-refractivity contribution is 0.223. The molecule has 0 spiro atoms. The van der Waals surface area contributed by atoms with Crippen LogP contribution in [-0.4, -0.2) is 67.4 Å². The van der Waals surface area contributed by atoms with Gasteiger partial charge in [-0.25, -0.2) is 0 Å². The fraction of sp³-hybridized carbons (Fsp3) is 0.583. The van der Waals surface area contributed by atoms with E-state index >= 15 is 0 Å². The van der Waals surface area contributed by atoms with Crippen LogP contribution in [0.2, 0.25) is 0 Å². The van der Waals surface area contributed by atoms with Crippen LogP contribution >= 0.6 is 12.2 Å². The first kappa shape index (κ1) is 14.1. The number of hydrogen-bond acceptors (Lipinski definition) is 7. The Morgan fingerprint density at radius 2 is 2.10 bits per heavy atom. The molecule has 1 saturated heterocycles. The average Bonchev–Trinajstić information content (AvgIpc) is 2.95. The van der Waals surface area contributed by atoms with Crippen molar-refractivity contribution in [3.05, 3.63) is 12.1 Å². The van der Waals surface area contributed by atoms with Gasteiger partial charge in [0.25, 0.3) is 0 Å². The number of aromatic nitrogens is 5. The summed E-state index contributed by atoms with van der Waals surface area (Å²) in [4.78, 5) is 5.15. The molecule has 8 nitrogen and oxygen atoms in total. The van der Waals surface area contributed by atoms with Crippen LogP contribution in [0.4, 0.5) is 5.82 Å². The largest absolute Gasteiger partial charge is 0.392 e. The molecular formula is C12H18N8S. The molecule has 0 aliphatic carbocycles. The van der Waals surface area contributed by atoms with Gasteiger partial charge in [0.1, 0.15) is 0 Å². The number of tetrazole rings is 1. The van der Waals surface area contributed by atoms with Gasteiger partial charge in [-0.1, -0.05) is 19.1 Å². The molecule has 1 aliphatic heterocycles. The lowest BCUT2D eigenvalue weighted by Crippen LogP contribution is -2.53. The molecule has 1 unspecified atom stereocenters. The molecule has 1 fully saturated rings. The van der Waals surface area contributed by atoms with Crippen LogP contribution in [0, 0.1) is 0 Å². The van der Waals surface area contributed by atoms with E-state index in [0.29, 0.717) is 10.6 Å². The van der Waals surface area contributed by atoms with Gasteiger partial charge >= 0.3 is 0 Å². The zero-order valence-corrected chi connectivity index (χ0v) is 12.7. The first-order valence-electron chi connectivity index (χ1n) is 7.03. The molecular weight excluding hydrogens is 288 g/mol. The van der Waals surface area contributed by atoms with Crippen molar-refractivity contribution in [1.29, 1.82) is 0 Å². The van der Waals surface area contributed by atoms with Crippen LogP contribution in [0.25, 0.3) is 5.65 Å². The highest BCUT2D eigenvalue weighted by Crippen LogP contribution is 2.16. The summed E-state index contributed by atoms with van der Waals surface area (Å²) in [6.45, 7) is 5.74. The van der Waals surface area contributed by atoms with Crippen molar-refractivity contribution in [3.8, 4) is 0 Å². The lowest BCUT2D eigenvalue weighted by Gasteiger charge is -2.38. The van der Waals surface area contributed by atoms with Gasteiger partial charge in [0.15, 0.2) is 11.5 Å². The second kappa shape index (κ2) is 5.86. The Hall–Kier alpha value is -1.87. The highest BCUT2D eigenvalue weighted by atomic mass is 32.1. The summed E-state index contributed by atoms with van der Waals surface area (Å²) in [6.07, 6.45) is 0.949. The number of nitrogens with two attached hydrogens (primary N) is 1. The van der Waals surface area contributed by atoms with Crippen LogP contribution in [0.5, 0.6) is 0 Å². The SMILES string of the molecule is CCC(C(N)=S)N1CCN(c2ccc3nnnn3n2)CC1. The number of hydrogen-bond donors (Lipinski definition) is 1. The Kier molecular flexibility index (Phi) is 3.93. The summed E-state index contributed by atoms with van der Waals surface area (Å²) >= 11 is 5.15. The molecule has 2 aromatic rings. The van der Waals surface area contributed by atoms with Crippen LogP contribution in [0.15, 0.2) is 12.1 Å². The molecule has 9 heteroatoms. The van der Waals surface area contributed by atoms with Gasteiger partial charge in [0, 0.05) is 26.2 Å². The maximum Gasteiger partial charge on any atom is 0.200 e. The van der Waals surface area contributed by atoms with E-state index in [4.69, 9.17) is 18.0 Å². The maximum atomic E-state index is 5.81. The molecule has 1 aliphatic rings. The third-order valence-electron chi connectivity index (χ3n) is 3.85. The molecule has 0 amide bonds. The van der Waals surface area contributed by atoms with Crippen molar-refractivity contribution in [2.24, 2.45) is 5.73 Å². The van der Waals surface area contributed by atoms with E-state index in [1.165, 1.54) is 4.63 Å². The maximum absolute atomic E-state index is 5.81. The van der Waals surface area contributed by atoms with Gasteiger partial charge in [-0.05, 0) is 29.0 Å². The molecule has 112 valence electrons. The van der Waals surface area contributed by atoms with Gasteiger partial charge in [0.2, 0.25) is 0 Å². The summed E-state index contributed by atoms with van der Waals surface area (Å²) in [7, 11) is 0. The summed E-state index contributed by atoms with van der Waals surface area (Å²) < 4.78 is 1.45. The molecule has 0 aromatic carbocycles. The van der Waals surface area contributed by atoms with Gasteiger partial charge in [-0.3, -0.25) is 4.90 Å². The van der Waals surface area contributed by atoms with E-state index in [1.807, 2.05) is 12.1 Å². The van der Waals surface area contributed by atoms with Crippen LogP contribution in [0.3, 0.4) is 0 Å². The monoisotopic (exact) mass is 306 g/mol. The molecule has 0 radical (unpaired) electrons. The Balaban J connectivity index is 1.68. The first-order valence-corrected chi connectivity index (χ1v) is 7.43. The minimum Gasteiger partial charge on any atom is -0.392 e. The Morgan fingerprint density at radius 1 is 1.33 bits per heavy atom. The first-order chi connectivity index (χ1) is 10.2. The molecule has 0 bridgehead atoms. The smallest absolute Gasteiger partial charge is 0.200 e. The molecule has 3 heterocycles. The molecule has 21 heavy (non-hydrogen) atoms. The fourth-order valence-corrected chi connectivity index (χ4v) is 3.03. The lowest BCUT2D eigenvalue weighted by atomic mass is 10.1. The minimum absolute atomic E-state index is 0.192. The van der Waals surface area contributed by atoms with Gasteiger partial charge in [0.05, 0.1) is 11.0 Å². The van der Waals surface area contributed by atoms with Crippen LogP contribution < -0.4 is 10.6 Å². The van der Waals surface area contributed by atoms with Crippen molar-refractivity contribution in [2.45, 2.75) is 19.4 Å². The number of rotatable bonds is 4. The number of nitrogens with zero attached hydrogens (tertiary/aromatic N) is 7. The van der Waals surface area contributed by atoms with E-state index in [-0.39, 0.29) is 6.04 Å². The van der Waals surface area contributed by atoms with Crippen molar-refractivity contribution in [3.63, 3.8) is 0 Å². The van der Waals surface area contributed by atoms with Crippen molar-refractivity contribution in [1.82, 2.24) is 30.2 Å². The third-order valence-corrected chi connectivity index (χ3v) is 4.12. The van der Waals surface area contributed by atoms with E-state index < -0.39 is 0 Å². The van der Waals surface area contributed by atoms with Crippen LogP contribution in [0.1, 0.15) is 13.3 Å². The second-order valence-corrected chi connectivity index (χ2v) is 5.54. The van der Waals surface area contributed by atoms with E-state index in [1.54, 1.807) is 0 Å². The number of fused-ring (bicyclic) bond motifs is 1. The predicted octanol–water partition coefficient (Wildman–Crippen LogP) is -0.294. The Morgan fingerprint density at radius 3 is 2.76 bits per heavy atom. The Bertz CT molecular complexity index is 633. The Labute approximate surface area is 127 Å². The van der Waals surface area contributed by atoms with Gasteiger partial charge < -0.3 is 10.6 Å². The van der Waals surface area contributed by atoms with Crippen molar-refractivity contribution in [2.75, 3.05) is 31.1 Å². The molecule has 0 saturated carbocycles. The summed E-state index contributed by atoms with van der Waals surface area (Å²) in [5.41, 5.74) is 6.46. The predicted molar refractivity (Wildman–Crippen MR) is 83.2 cm³/mol. The van der Waals surface area contributed by atoms with Crippen molar-refractivity contribution < 1.29 is 0 Å². The highest BCUT2D eigenvalue weighted by Gasteiger charge is 2.25. The zero-order chi connectivity index (χ0) is 14.8. The molecule has 3 rings (SSSR count).